The summed E-state index contributed by atoms with van der Waals surface area (Å²) in [7, 11) is -1.91. The van der Waals surface area contributed by atoms with Gasteiger partial charge < -0.3 is 0 Å². The molecule has 1 aromatic rings. The van der Waals surface area contributed by atoms with Crippen LogP contribution in [-0.2, 0) is 0 Å². The van der Waals surface area contributed by atoms with Crippen molar-refractivity contribution in [2.24, 2.45) is 0 Å². The molecule has 0 aliphatic rings. The van der Waals surface area contributed by atoms with E-state index in [1.165, 1.54) is 5.19 Å². The van der Waals surface area contributed by atoms with Crippen molar-refractivity contribution in [3.05, 3.63) is 48.3 Å². The summed E-state index contributed by atoms with van der Waals surface area (Å²) in [4.78, 5) is 0. The summed E-state index contributed by atoms with van der Waals surface area (Å²) >= 11 is 6.34. The second-order valence-corrected chi connectivity index (χ2v) is 8.16. The van der Waals surface area contributed by atoms with Crippen LogP contribution in [0.5, 0.6) is 0 Å². The maximum Gasteiger partial charge on any atom is 0.214 e. The minimum absolute atomic E-state index is 1.20. The SMILES string of the molecule is C=C=C[Si](C)(Cl)c1ccccc1. The topological polar surface area (TPSA) is 0 Å². The molecule has 0 aromatic heterocycles. The van der Waals surface area contributed by atoms with Crippen LogP contribution in [0.4, 0.5) is 0 Å². The van der Waals surface area contributed by atoms with Crippen LogP contribution >= 0.6 is 11.1 Å². The summed E-state index contributed by atoms with van der Waals surface area (Å²) in [6, 6.07) is 10.1. The Bertz CT molecular complexity index is 297. The Morgan fingerprint density at radius 2 is 2.00 bits per heavy atom. The highest BCUT2D eigenvalue weighted by Gasteiger charge is 2.22. The Morgan fingerprint density at radius 1 is 1.42 bits per heavy atom. The van der Waals surface area contributed by atoms with Crippen molar-refractivity contribution in [2.75, 3.05) is 0 Å². The maximum atomic E-state index is 6.34. The molecule has 62 valence electrons. The van der Waals surface area contributed by atoms with Gasteiger partial charge in [0, 0.05) is 0 Å². The first-order valence-corrected chi connectivity index (χ1v) is 7.37. The second-order valence-electron chi connectivity index (χ2n) is 2.79. The molecule has 0 bridgehead atoms. The lowest BCUT2D eigenvalue weighted by atomic mass is 10.4. The quantitative estimate of drug-likeness (QED) is 0.386. The van der Waals surface area contributed by atoms with Crippen LogP contribution in [0.15, 0.2) is 48.3 Å². The number of hydrogen-bond donors (Lipinski definition) is 0. The smallest absolute Gasteiger partial charge is 0.155 e. The monoisotopic (exact) mass is 194 g/mol. The Hall–Kier alpha value is -0.753. The molecule has 0 N–H and O–H groups in total. The molecular formula is C10H11ClSi. The number of benzene rings is 1. The average Bonchev–Trinajstić information content (AvgIpc) is 2.06. The summed E-state index contributed by atoms with van der Waals surface area (Å²) in [6.45, 7) is 5.60. The molecular weight excluding hydrogens is 184 g/mol. The third-order valence-electron chi connectivity index (χ3n) is 1.71. The van der Waals surface area contributed by atoms with E-state index in [9.17, 15) is 0 Å². The third-order valence-corrected chi connectivity index (χ3v) is 4.90. The summed E-state index contributed by atoms with van der Waals surface area (Å²) in [5.41, 5.74) is 4.65. The average molecular weight is 195 g/mol. The second kappa shape index (κ2) is 3.77. The van der Waals surface area contributed by atoms with Crippen LogP contribution in [-0.4, -0.2) is 7.38 Å². The molecule has 1 unspecified atom stereocenters. The highest BCUT2D eigenvalue weighted by atomic mass is 35.6. The summed E-state index contributed by atoms with van der Waals surface area (Å²) in [6.07, 6.45) is 0. The van der Waals surface area contributed by atoms with Crippen molar-refractivity contribution in [2.45, 2.75) is 6.55 Å². The molecule has 0 aliphatic carbocycles. The molecule has 1 aromatic carbocycles. The molecule has 0 heterocycles. The zero-order valence-electron chi connectivity index (χ0n) is 7.05. The van der Waals surface area contributed by atoms with Crippen molar-refractivity contribution in [1.29, 1.82) is 0 Å². The van der Waals surface area contributed by atoms with Gasteiger partial charge in [-0.3, -0.25) is 0 Å². The molecule has 0 amide bonds. The highest BCUT2D eigenvalue weighted by Crippen LogP contribution is 2.09. The van der Waals surface area contributed by atoms with E-state index in [1.807, 2.05) is 36.0 Å². The fourth-order valence-electron chi connectivity index (χ4n) is 1.04. The lowest BCUT2D eigenvalue weighted by Crippen LogP contribution is -2.36. The van der Waals surface area contributed by atoms with Crippen molar-refractivity contribution in [3.8, 4) is 0 Å². The van der Waals surface area contributed by atoms with Gasteiger partial charge in [-0.25, -0.2) is 0 Å². The lowest BCUT2D eigenvalue weighted by molar-refractivity contribution is 1.75. The zero-order valence-corrected chi connectivity index (χ0v) is 8.81. The Labute approximate surface area is 78.9 Å². The predicted octanol–water partition coefficient (Wildman–Crippen LogP) is 2.59. The standard InChI is InChI=1S/C10H11ClSi/c1-3-9-12(2,11)10-7-5-4-6-8-10/h4-9H,1H2,2H3. The van der Waals surface area contributed by atoms with E-state index < -0.39 is 7.38 Å². The van der Waals surface area contributed by atoms with E-state index in [-0.39, 0.29) is 0 Å². The Kier molecular flexibility index (Phi) is 2.93. The van der Waals surface area contributed by atoms with Gasteiger partial charge in [0.1, 0.15) is 0 Å². The van der Waals surface area contributed by atoms with Gasteiger partial charge in [-0.15, -0.1) is 5.73 Å². The van der Waals surface area contributed by atoms with Gasteiger partial charge in [-0.2, -0.15) is 11.1 Å². The third kappa shape index (κ3) is 2.11. The van der Waals surface area contributed by atoms with E-state index in [0.29, 0.717) is 0 Å². The number of rotatable bonds is 2. The molecule has 0 radical (unpaired) electrons. The molecule has 0 saturated carbocycles. The van der Waals surface area contributed by atoms with E-state index in [1.54, 1.807) is 0 Å². The first-order valence-electron chi connectivity index (χ1n) is 3.78. The normalized spacial score (nSPS) is 14.5. The first kappa shape index (κ1) is 9.34. The van der Waals surface area contributed by atoms with Crippen LogP contribution in [0.1, 0.15) is 0 Å². The van der Waals surface area contributed by atoms with Gasteiger partial charge in [-0.05, 0) is 17.4 Å². The Morgan fingerprint density at radius 3 is 2.50 bits per heavy atom. The molecule has 0 aliphatic heterocycles. The fraction of sp³-hybridized carbons (Fsp3) is 0.100. The molecule has 12 heavy (non-hydrogen) atoms. The van der Waals surface area contributed by atoms with Crippen LogP contribution in [0.25, 0.3) is 0 Å². The molecule has 0 saturated heterocycles. The number of hydrogen-bond acceptors (Lipinski definition) is 0. The van der Waals surface area contributed by atoms with Crippen molar-refractivity contribution in [1.82, 2.24) is 0 Å². The molecule has 1 atom stereocenters. The van der Waals surface area contributed by atoms with Gasteiger partial charge in [0.2, 0.25) is 7.38 Å². The minimum Gasteiger partial charge on any atom is -0.155 e. The van der Waals surface area contributed by atoms with Crippen LogP contribution in [0.2, 0.25) is 6.55 Å². The molecule has 0 nitrogen and oxygen atoms in total. The van der Waals surface area contributed by atoms with Crippen LogP contribution in [0.3, 0.4) is 0 Å². The van der Waals surface area contributed by atoms with Crippen LogP contribution < -0.4 is 5.19 Å². The maximum absolute atomic E-state index is 6.34. The largest absolute Gasteiger partial charge is 0.214 e. The molecule has 0 spiro atoms. The zero-order chi connectivity index (χ0) is 9.03. The molecule has 2 heteroatoms. The van der Waals surface area contributed by atoms with Gasteiger partial charge in [0.15, 0.2) is 0 Å². The summed E-state index contributed by atoms with van der Waals surface area (Å²) in [5.74, 6) is 0. The highest BCUT2D eigenvalue weighted by molar-refractivity contribution is 7.29. The molecule has 1 rings (SSSR count). The minimum atomic E-state index is -1.91. The fourth-order valence-corrected chi connectivity index (χ4v) is 3.04. The van der Waals surface area contributed by atoms with Crippen molar-refractivity contribution >= 4 is 23.6 Å². The number of halogens is 1. The van der Waals surface area contributed by atoms with E-state index in [2.05, 4.69) is 18.9 Å². The Balaban J connectivity index is 3.05. The van der Waals surface area contributed by atoms with Crippen molar-refractivity contribution < 1.29 is 0 Å². The van der Waals surface area contributed by atoms with Gasteiger partial charge >= 0.3 is 0 Å². The van der Waals surface area contributed by atoms with Gasteiger partial charge in [0.05, 0.1) is 0 Å². The van der Waals surface area contributed by atoms with Gasteiger partial charge in [-0.1, -0.05) is 36.9 Å². The summed E-state index contributed by atoms with van der Waals surface area (Å²) < 4.78 is 0. The molecule has 0 fully saturated rings. The van der Waals surface area contributed by atoms with E-state index in [0.717, 1.165) is 0 Å². The van der Waals surface area contributed by atoms with Crippen LogP contribution in [0, 0.1) is 0 Å². The van der Waals surface area contributed by atoms with E-state index >= 15 is 0 Å². The first-order chi connectivity index (χ1) is 5.67. The summed E-state index contributed by atoms with van der Waals surface area (Å²) in [5, 5.41) is 1.20. The predicted molar refractivity (Wildman–Crippen MR) is 57.3 cm³/mol. The lowest BCUT2D eigenvalue weighted by Gasteiger charge is -2.13. The van der Waals surface area contributed by atoms with Crippen molar-refractivity contribution in [3.63, 3.8) is 0 Å². The van der Waals surface area contributed by atoms with Gasteiger partial charge in [0.25, 0.3) is 0 Å². The van der Waals surface area contributed by atoms with E-state index in [4.69, 9.17) is 11.1 Å².